The van der Waals surface area contributed by atoms with Crippen LogP contribution in [0, 0.1) is 11.8 Å². The summed E-state index contributed by atoms with van der Waals surface area (Å²) in [5.74, 6) is 0.909. The first-order chi connectivity index (χ1) is 11.1. The minimum atomic E-state index is -0.373. The number of rotatable bonds is 4. The molecule has 0 amide bonds. The van der Waals surface area contributed by atoms with Gasteiger partial charge in [-0.3, -0.25) is 5.43 Å². The van der Waals surface area contributed by atoms with Crippen LogP contribution in [-0.4, -0.2) is 35.0 Å². The van der Waals surface area contributed by atoms with Crippen LogP contribution in [0.15, 0.2) is 29.5 Å². The van der Waals surface area contributed by atoms with Gasteiger partial charge in [0.15, 0.2) is 5.11 Å². The Morgan fingerprint density at radius 1 is 1.48 bits per heavy atom. The van der Waals surface area contributed by atoms with Gasteiger partial charge in [0.25, 0.3) is 0 Å². The van der Waals surface area contributed by atoms with Crippen molar-refractivity contribution in [3.63, 3.8) is 0 Å². The smallest absolute Gasteiger partial charge is 0.354 e. The fourth-order valence-corrected chi connectivity index (χ4v) is 3.49. The molecule has 1 heterocycles. The maximum atomic E-state index is 11.5. The lowest BCUT2D eigenvalue weighted by Crippen LogP contribution is -2.42. The molecule has 1 saturated carbocycles. The predicted molar refractivity (Wildman–Crippen MR) is 92.4 cm³/mol. The van der Waals surface area contributed by atoms with Gasteiger partial charge in [-0.1, -0.05) is 12.2 Å². The van der Waals surface area contributed by atoms with Gasteiger partial charge in [0.1, 0.15) is 5.69 Å². The van der Waals surface area contributed by atoms with E-state index >= 15 is 0 Å². The number of nitrogens with zero attached hydrogens (tertiary/aromatic N) is 2. The van der Waals surface area contributed by atoms with Crippen LogP contribution in [0.2, 0.25) is 0 Å². The van der Waals surface area contributed by atoms with Gasteiger partial charge in [-0.05, 0) is 43.0 Å². The van der Waals surface area contributed by atoms with Gasteiger partial charge in [-0.15, -0.1) is 0 Å². The Balaban J connectivity index is 1.51. The molecular formula is C16H20N4O2S. The zero-order chi connectivity index (χ0) is 16.4. The maximum Gasteiger partial charge on any atom is 0.354 e. The number of methoxy groups -OCH3 is 1. The second-order valence-corrected chi connectivity index (χ2v) is 6.40. The largest absolute Gasteiger partial charge is 0.464 e. The Morgan fingerprint density at radius 2 is 2.30 bits per heavy atom. The van der Waals surface area contributed by atoms with E-state index in [4.69, 9.17) is 17.0 Å². The number of carbonyl (C=O) groups excluding carboxylic acids is 1. The summed E-state index contributed by atoms with van der Waals surface area (Å²) in [6.45, 7) is 0. The molecule has 3 rings (SSSR count). The molecule has 2 aliphatic carbocycles. The van der Waals surface area contributed by atoms with Gasteiger partial charge in [0.05, 0.1) is 13.3 Å². The first-order valence-corrected chi connectivity index (χ1v) is 8.00. The zero-order valence-corrected chi connectivity index (χ0v) is 14.0. The van der Waals surface area contributed by atoms with Crippen LogP contribution in [0.4, 0.5) is 0 Å². The lowest BCUT2D eigenvalue weighted by molar-refractivity contribution is 0.0590. The van der Waals surface area contributed by atoms with E-state index in [-0.39, 0.29) is 5.97 Å². The van der Waals surface area contributed by atoms with Crippen molar-refractivity contribution in [3.05, 3.63) is 35.7 Å². The lowest BCUT2D eigenvalue weighted by atomic mass is 10.0. The van der Waals surface area contributed by atoms with Crippen molar-refractivity contribution < 1.29 is 9.53 Å². The quantitative estimate of drug-likeness (QED) is 0.288. The number of allylic oxidation sites excluding steroid dienone is 1. The first-order valence-electron chi connectivity index (χ1n) is 7.59. The highest BCUT2D eigenvalue weighted by Gasteiger charge is 2.35. The molecule has 6 nitrogen and oxygen atoms in total. The third-order valence-corrected chi connectivity index (χ3v) is 4.60. The topological polar surface area (TPSA) is 67.7 Å². The van der Waals surface area contributed by atoms with E-state index in [0.29, 0.717) is 28.7 Å². The maximum absolute atomic E-state index is 11.5. The van der Waals surface area contributed by atoms with Gasteiger partial charge in [0.2, 0.25) is 0 Å². The van der Waals surface area contributed by atoms with Crippen LogP contribution >= 0.6 is 12.2 Å². The molecule has 7 heteroatoms. The van der Waals surface area contributed by atoms with Crippen molar-refractivity contribution >= 4 is 29.5 Å². The molecule has 0 radical (unpaired) electrons. The highest BCUT2D eigenvalue weighted by molar-refractivity contribution is 7.80. The summed E-state index contributed by atoms with van der Waals surface area (Å²) in [7, 11) is 3.14. The van der Waals surface area contributed by atoms with Gasteiger partial charge in [0, 0.05) is 24.8 Å². The fraction of sp³-hybridized carbons (Fsp3) is 0.438. The van der Waals surface area contributed by atoms with E-state index in [9.17, 15) is 4.79 Å². The van der Waals surface area contributed by atoms with E-state index in [0.717, 1.165) is 12.0 Å². The molecule has 3 atom stereocenters. The Kier molecular flexibility index (Phi) is 4.47. The number of aromatic nitrogens is 1. The summed E-state index contributed by atoms with van der Waals surface area (Å²) in [4.78, 5) is 11.5. The van der Waals surface area contributed by atoms with Crippen molar-refractivity contribution in [2.45, 2.75) is 18.9 Å². The standard InChI is InChI=1S/C16H20N4O2S/c1-20-9-11(7-14(20)15(21)22-2)8-17-19-16(23)18-13-6-10-3-4-12(13)5-10/h3-4,7-10,12-13H,5-6H2,1-2H3,(H2,18,19,23)/b17-8+. The molecule has 1 aromatic heterocycles. The Bertz CT molecular complexity index is 680. The van der Waals surface area contributed by atoms with Gasteiger partial charge < -0.3 is 14.6 Å². The molecule has 0 spiro atoms. The average molecular weight is 332 g/mol. The molecule has 1 aromatic rings. The third-order valence-electron chi connectivity index (χ3n) is 4.40. The Morgan fingerprint density at radius 3 is 2.96 bits per heavy atom. The van der Waals surface area contributed by atoms with Crippen LogP contribution in [0.1, 0.15) is 28.9 Å². The average Bonchev–Trinajstić information content (AvgIpc) is 3.22. The monoisotopic (exact) mass is 332 g/mol. The van der Waals surface area contributed by atoms with Crippen LogP contribution < -0.4 is 10.7 Å². The first kappa shape index (κ1) is 15.7. The number of carbonyl (C=O) groups is 1. The number of fused-ring (bicyclic) bond motifs is 2. The number of hydrogen-bond donors (Lipinski definition) is 2. The third kappa shape index (κ3) is 3.44. The second-order valence-electron chi connectivity index (χ2n) is 5.99. The fourth-order valence-electron chi connectivity index (χ4n) is 3.28. The molecule has 2 bridgehead atoms. The summed E-state index contributed by atoms with van der Waals surface area (Å²) in [6, 6.07) is 2.12. The minimum absolute atomic E-state index is 0.373. The number of ether oxygens (including phenoxy) is 1. The zero-order valence-electron chi connectivity index (χ0n) is 13.2. The summed E-state index contributed by atoms with van der Waals surface area (Å²) in [5, 5.41) is 7.96. The van der Waals surface area contributed by atoms with E-state index in [1.54, 1.807) is 30.1 Å². The number of esters is 1. The number of hydrazone groups is 1. The Hall–Kier alpha value is -2.15. The minimum Gasteiger partial charge on any atom is -0.464 e. The van der Waals surface area contributed by atoms with Gasteiger partial charge in [-0.25, -0.2) is 4.79 Å². The molecule has 2 N–H and O–H groups in total. The van der Waals surface area contributed by atoms with E-state index in [1.165, 1.54) is 13.5 Å². The van der Waals surface area contributed by atoms with Crippen LogP contribution in [-0.2, 0) is 11.8 Å². The van der Waals surface area contributed by atoms with E-state index in [2.05, 4.69) is 28.0 Å². The molecule has 23 heavy (non-hydrogen) atoms. The van der Waals surface area contributed by atoms with Crippen molar-refractivity contribution in [3.8, 4) is 0 Å². The van der Waals surface area contributed by atoms with Crippen LogP contribution in [0.3, 0.4) is 0 Å². The van der Waals surface area contributed by atoms with Gasteiger partial charge >= 0.3 is 5.97 Å². The molecule has 3 unspecified atom stereocenters. The SMILES string of the molecule is COC(=O)c1cc(/C=N/NC(=S)NC2CC3C=CC2C3)cn1C. The van der Waals surface area contributed by atoms with E-state index < -0.39 is 0 Å². The highest BCUT2D eigenvalue weighted by Crippen LogP contribution is 2.38. The summed E-state index contributed by atoms with van der Waals surface area (Å²) in [6.07, 6.45) is 10.4. The molecule has 0 aliphatic heterocycles. The molecule has 1 fully saturated rings. The molecular weight excluding hydrogens is 312 g/mol. The number of hydrogen-bond acceptors (Lipinski definition) is 4. The van der Waals surface area contributed by atoms with Crippen LogP contribution in [0.5, 0.6) is 0 Å². The number of nitrogens with one attached hydrogen (secondary N) is 2. The number of thiocarbonyl (C=S) groups is 1. The normalized spacial score (nSPS) is 25.0. The summed E-state index contributed by atoms with van der Waals surface area (Å²) >= 11 is 5.27. The number of aryl methyl sites for hydroxylation is 1. The van der Waals surface area contributed by atoms with Crippen molar-refractivity contribution in [2.75, 3.05) is 7.11 Å². The molecule has 2 aliphatic rings. The Labute approximate surface area is 140 Å². The predicted octanol–water partition coefficient (Wildman–Crippen LogP) is 1.57. The van der Waals surface area contributed by atoms with Crippen molar-refractivity contribution in [2.24, 2.45) is 24.0 Å². The van der Waals surface area contributed by atoms with Crippen molar-refractivity contribution in [1.82, 2.24) is 15.3 Å². The van der Waals surface area contributed by atoms with Crippen LogP contribution in [0.25, 0.3) is 0 Å². The summed E-state index contributed by atoms with van der Waals surface area (Å²) < 4.78 is 6.42. The summed E-state index contributed by atoms with van der Waals surface area (Å²) in [5.41, 5.74) is 4.10. The highest BCUT2D eigenvalue weighted by atomic mass is 32.1. The molecule has 0 aromatic carbocycles. The lowest BCUT2D eigenvalue weighted by Gasteiger charge is -2.20. The molecule has 0 saturated heterocycles. The van der Waals surface area contributed by atoms with E-state index in [1.807, 2.05) is 0 Å². The molecule has 122 valence electrons. The van der Waals surface area contributed by atoms with Crippen molar-refractivity contribution in [1.29, 1.82) is 0 Å². The second kappa shape index (κ2) is 6.54. The van der Waals surface area contributed by atoms with Gasteiger partial charge in [-0.2, -0.15) is 5.10 Å².